The van der Waals surface area contributed by atoms with Gasteiger partial charge in [0, 0.05) is 16.5 Å². The monoisotopic (exact) mass is 667 g/mol. The number of benzene rings is 3. The zero-order valence-corrected chi connectivity index (χ0v) is 25.6. The molecule has 9 nitrogen and oxygen atoms in total. The normalized spacial score (nSPS) is 19.0. The highest BCUT2D eigenvalue weighted by Gasteiger charge is 2.57. The van der Waals surface area contributed by atoms with Gasteiger partial charge >= 0.3 is 17.0 Å². The van der Waals surface area contributed by atoms with Crippen LogP contribution in [0.25, 0.3) is 0 Å². The van der Waals surface area contributed by atoms with Crippen molar-refractivity contribution in [2.24, 2.45) is 5.92 Å². The highest BCUT2D eigenvalue weighted by molar-refractivity contribution is 8.00. The Morgan fingerprint density at radius 2 is 1.65 bits per heavy atom. The molecule has 2 aliphatic heterocycles. The lowest BCUT2D eigenvalue weighted by Gasteiger charge is -2.30. The van der Waals surface area contributed by atoms with E-state index in [1.54, 1.807) is 37.3 Å². The first-order valence-corrected chi connectivity index (χ1v) is 15.7. The molecule has 3 amide bonds. The molecule has 3 atom stereocenters. The van der Waals surface area contributed by atoms with Crippen LogP contribution < -0.4 is 15.1 Å². The number of carbonyl (C=O) groups is 4. The number of ether oxygens (including phenoxy) is 1. The molecular weight excluding hydrogens is 643 g/mol. The van der Waals surface area contributed by atoms with E-state index in [9.17, 15) is 37.1 Å². The molecule has 0 aliphatic carbocycles. The number of hydrogen-bond acceptors (Lipinski definition) is 8. The fraction of sp³-hybridized carbons (Fsp3) is 0.219. The third kappa shape index (κ3) is 5.73. The van der Waals surface area contributed by atoms with Crippen LogP contribution in [0.1, 0.15) is 39.2 Å². The van der Waals surface area contributed by atoms with Gasteiger partial charge < -0.3 is 10.1 Å². The van der Waals surface area contributed by atoms with Crippen molar-refractivity contribution >= 4 is 58.2 Å². The number of imide groups is 1. The average Bonchev–Trinajstić information content (AvgIpc) is 3.47. The van der Waals surface area contributed by atoms with Gasteiger partial charge in [0.1, 0.15) is 11.8 Å². The van der Waals surface area contributed by atoms with Crippen LogP contribution >= 0.6 is 23.1 Å². The molecule has 0 bridgehead atoms. The van der Waals surface area contributed by atoms with E-state index in [2.05, 4.69) is 5.32 Å². The predicted molar refractivity (Wildman–Crippen MR) is 165 cm³/mol. The number of aromatic nitrogens is 1. The van der Waals surface area contributed by atoms with Gasteiger partial charge in [-0.3, -0.25) is 23.7 Å². The number of alkyl halides is 3. The number of carbonyl (C=O) groups excluding carboxylic acids is 4. The fourth-order valence-corrected chi connectivity index (χ4v) is 8.37. The number of nitrogens with zero attached hydrogens (tertiary/aromatic N) is 2. The maximum absolute atomic E-state index is 13.9. The largest absolute Gasteiger partial charge is 0.462 e. The molecule has 2 aliphatic rings. The quantitative estimate of drug-likeness (QED) is 0.203. The first kappa shape index (κ1) is 31.3. The van der Waals surface area contributed by atoms with Crippen molar-refractivity contribution in [1.82, 2.24) is 4.57 Å². The highest BCUT2D eigenvalue weighted by Crippen LogP contribution is 2.54. The average molecular weight is 668 g/mol. The zero-order chi connectivity index (χ0) is 32.7. The third-order valence-electron chi connectivity index (χ3n) is 7.62. The highest BCUT2D eigenvalue weighted by atomic mass is 32.2. The number of rotatable bonds is 7. The number of hydrogen-bond donors (Lipinski definition) is 1. The van der Waals surface area contributed by atoms with Crippen LogP contribution in [0.3, 0.4) is 0 Å². The molecule has 0 radical (unpaired) electrons. The van der Waals surface area contributed by atoms with E-state index < -0.39 is 63.9 Å². The second-order valence-electron chi connectivity index (χ2n) is 10.5. The van der Waals surface area contributed by atoms with E-state index in [1.807, 2.05) is 0 Å². The van der Waals surface area contributed by atoms with Crippen LogP contribution in [0.5, 0.6) is 0 Å². The fourth-order valence-electron chi connectivity index (χ4n) is 5.60. The van der Waals surface area contributed by atoms with Crippen molar-refractivity contribution in [3.8, 4) is 0 Å². The SMILES string of the molecule is CCOC(=O)c1ccc(NC(=O)Cn2c3c(sc2=O)[C@@H](c2ccccc2)[C@@H]2C(=O)N(c4cccc(C(F)(F)F)c4)C(=O)[C@@H]2S3)cc1. The van der Waals surface area contributed by atoms with Crippen LogP contribution in [0.4, 0.5) is 24.5 Å². The molecule has 1 aromatic heterocycles. The maximum Gasteiger partial charge on any atom is 0.416 e. The van der Waals surface area contributed by atoms with Crippen LogP contribution in [0.2, 0.25) is 0 Å². The summed E-state index contributed by atoms with van der Waals surface area (Å²) in [7, 11) is 0. The lowest BCUT2D eigenvalue weighted by atomic mass is 9.83. The van der Waals surface area contributed by atoms with Gasteiger partial charge in [0.15, 0.2) is 0 Å². The number of thioether (sulfide) groups is 1. The second kappa shape index (κ2) is 12.2. The summed E-state index contributed by atoms with van der Waals surface area (Å²) in [6.07, 6.45) is -4.68. The topological polar surface area (TPSA) is 115 Å². The van der Waals surface area contributed by atoms with E-state index in [1.165, 1.54) is 34.9 Å². The molecule has 0 unspecified atom stereocenters. The van der Waals surface area contributed by atoms with Crippen molar-refractivity contribution in [2.45, 2.75) is 35.8 Å². The first-order chi connectivity index (χ1) is 22.0. The minimum absolute atomic E-state index is 0.194. The summed E-state index contributed by atoms with van der Waals surface area (Å²) >= 11 is 1.82. The van der Waals surface area contributed by atoms with Gasteiger partial charge in [0.2, 0.25) is 17.7 Å². The summed E-state index contributed by atoms with van der Waals surface area (Å²) in [6.45, 7) is 1.49. The summed E-state index contributed by atoms with van der Waals surface area (Å²) in [4.78, 5) is 66.9. The Kier molecular flexibility index (Phi) is 8.33. The molecular formula is C32H24F3N3O6S2. The molecule has 14 heteroatoms. The Bertz CT molecular complexity index is 1910. The Hall–Kier alpha value is -4.69. The van der Waals surface area contributed by atoms with Gasteiger partial charge in [-0.25, -0.2) is 9.69 Å². The Morgan fingerprint density at radius 3 is 2.33 bits per heavy atom. The maximum atomic E-state index is 13.9. The van der Waals surface area contributed by atoms with Crippen molar-refractivity contribution in [3.05, 3.63) is 110 Å². The van der Waals surface area contributed by atoms with Crippen molar-refractivity contribution in [1.29, 1.82) is 0 Å². The molecule has 0 saturated carbocycles. The molecule has 236 valence electrons. The molecule has 4 aromatic rings. The lowest BCUT2D eigenvalue weighted by Crippen LogP contribution is -2.33. The summed E-state index contributed by atoms with van der Waals surface area (Å²) < 4.78 is 46.7. The number of amides is 3. The Balaban J connectivity index is 1.33. The number of fused-ring (bicyclic) bond motifs is 2. The van der Waals surface area contributed by atoms with E-state index >= 15 is 0 Å². The molecule has 3 heterocycles. The second-order valence-corrected chi connectivity index (χ2v) is 12.6. The van der Waals surface area contributed by atoms with Gasteiger partial charge in [-0.1, -0.05) is 59.5 Å². The number of halogens is 3. The van der Waals surface area contributed by atoms with E-state index in [-0.39, 0.29) is 12.3 Å². The van der Waals surface area contributed by atoms with Crippen LogP contribution in [0.15, 0.2) is 88.7 Å². The molecule has 46 heavy (non-hydrogen) atoms. The number of esters is 1. The minimum Gasteiger partial charge on any atom is -0.462 e. The predicted octanol–water partition coefficient (Wildman–Crippen LogP) is 5.54. The summed E-state index contributed by atoms with van der Waals surface area (Å²) in [5.74, 6) is -4.19. The van der Waals surface area contributed by atoms with E-state index in [0.717, 1.165) is 46.2 Å². The van der Waals surface area contributed by atoms with Gasteiger partial charge in [-0.15, -0.1) is 0 Å². The van der Waals surface area contributed by atoms with E-state index in [4.69, 9.17) is 4.74 Å². The zero-order valence-electron chi connectivity index (χ0n) is 23.9. The number of nitrogens with one attached hydrogen (secondary N) is 1. The van der Waals surface area contributed by atoms with Crippen LogP contribution in [-0.2, 0) is 31.8 Å². The smallest absolute Gasteiger partial charge is 0.416 e. The van der Waals surface area contributed by atoms with Gasteiger partial charge in [0.05, 0.1) is 34.4 Å². The number of thiazole rings is 1. The number of anilines is 2. The molecule has 1 N–H and O–H groups in total. The summed E-state index contributed by atoms with van der Waals surface area (Å²) in [5, 5.41) is 1.97. The third-order valence-corrected chi connectivity index (χ3v) is 10.2. The lowest BCUT2D eigenvalue weighted by molar-refractivity contribution is -0.137. The molecule has 6 rings (SSSR count). The Labute approximate surface area is 268 Å². The van der Waals surface area contributed by atoms with Crippen molar-refractivity contribution in [3.63, 3.8) is 0 Å². The standard InChI is InChI=1S/C32H24F3N3O6S2/c1-2-44-30(42)18-11-13-20(14-12-18)36-22(39)16-37-29-26(46-31(37)43)23(17-7-4-3-5-8-17)24-25(45-29)28(41)38(27(24)40)21-10-6-9-19(15-21)32(33,34)35/h3-15,23-25H,2,16H2,1H3,(H,36,39)/t23-,24-,25+/m0/s1. The summed E-state index contributed by atoms with van der Waals surface area (Å²) in [5.41, 5.74) is 0.128. The molecule has 3 aromatic carbocycles. The van der Waals surface area contributed by atoms with Gasteiger partial charge in [0.25, 0.3) is 0 Å². The minimum atomic E-state index is -4.68. The van der Waals surface area contributed by atoms with Crippen molar-refractivity contribution < 1.29 is 37.1 Å². The molecule has 0 spiro atoms. The molecule has 1 fully saturated rings. The van der Waals surface area contributed by atoms with Gasteiger partial charge in [-0.05, 0) is 55.0 Å². The van der Waals surface area contributed by atoms with Crippen molar-refractivity contribution in [2.75, 3.05) is 16.8 Å². The Morgan fingerprint density at radius 1 is 0.935 bits per heavy atom. The molecule has 1 saturated heterocycles. The van der Waals surface area contributed by atoms with E-state index in [0.29, 0.717) is 26.7 Å². The van der Waals surface area contributed by atoms with Gasteiger partial charge in [-0.2, -0.15) is 13.2 Å². The first-order valence-electron chi connectivity index (χ1n) is 14.0. The van der Waals surface area contributed by atoms with Crippen LogP contribution in [0, 0.1) is 5.92 Å². The van der Waals surface area contributed by atoms with Crippen LogP contribution in [-0.4, -0.2) is 40.1 Å². The summed E-state index contributed by atoms with van der Waals surface area (Å²) in [6, 6.07) is 18.8.